The number of benzene rings is 1. The summed E-state index contributed by atoms with van der Waals surface area (Å²) in [4.78, 5) is 29.0. The summed E-state index contributed by atoms with van der Waals surface area (Å²) in [5.74, 6) is 0.852. The van der Waals surface area contributed by atoms with Crippen LogP contribution in [-0.2, 0) is 11.3 Å². The van der Waals surface area contributed by atoms with Crippen molar-refractivity contribution in [3.8, 4) is 0 Å². The Kier molecular flexibility index (Phi) is 5.32. The zero-order chi connectivity index (χ0) is 17.3. The molecule has 2 atom stereocenters. The minimum Gasteiger partial charge on any atom is -0.392 e. The fourth-order valence-electron chi connectivity index (χ4n) is 2.81. The maximum atomic E-state index is 12.5. The molecule has 124 valence electrons. The molecule has 0 aliphatic carbocycles. The Labute approximate surface area is 149 Å². The summed E-state index contributed by atoms with van der Waals surface area (Å²) >= 11 is 7.58. The van der Waals surface area contributed by atoms with Crippen LogP contribution in [0.1, 0.15) is 19.3 Å². The summed E-state index contributed by atoms with van der Waals surface area (Å²) < 4.78 is 1.27. The van der Waals surface area contributed by atoms with E-state index in [9.17, 15) is 14.7 Å². The first-order valence-electron chi connectivity index (χ1n) is 7.71. The number of nitrogens with zero attached hydrogens (tertiary/aromatic N) is 2. The average molecular weight is 363 g/mol. The lowest BCUT2D eigenvalue weighted by molar-refractivity contribution is -0.120. The van der Waals surface area contributed by atoms with Gasteiger partial charge in [-0.05, 0) is 30.7 Å². The van der Waals surface area contributed by atoms with Gasteiger partial charge in [0.15, 0.2) is 5.78 Å². The molecular weight excluding hydrogens is 347 g/mol. The van der Waals surface area contributed by atoms with Crippen molar-refractivity contribution in [1.29, 1.82) is 0 Å². The molecule has 1 aliphatic heterocycles. The second kappa shape index (κ2) is 7.29. The molecule has 1 aromatic heterocycles. The number of carbonyl (C=O) groups is 1. The van der Waals surface area contributed by atoms with Gasteiger partial charge in [0.05, 0.1) is 29.9 Å². The number of aliphatic hydroxyl groups excluding tert-OH is 1. The minimum absolute atomic E-state index is 0.0620. The predicted molar refractivity (Wildman–Crippen MR) is 97.5 cm³/mol. The average Bonchev–Trinajstić information content (AvgIpc) is 2.54. The zero-order valence-electron chi connectivity index (χ0n) is 12.9. The van der Waals surface area contributed by atoms with E-state index >= 15 is 0 Å². The van der Waals surface area contributed by atoms with Gasteiger partial charge in [0.25, 0.3) is 5.56 Å². The molecule has 2 heterocycles. The van der Waals surface area contributed by atoms with Crippen LogP contribution >= 0.6 is 23.4 Å². The van der Waals surface area contributed by atoms with Crippen molar-refractivity contribution < 1.29 is 9.90 Å². The van der Waals surface area contributed by atoms with Crippen molar-refractivity contribution in [1.82, 2.24) is 9.55 Å². The van der Waals surface area contributed by atoms with Gasteiger partial charge in [0, 0.05) is 16.7 Å². The van der Waals surface area contributed by atoms with Crippen molar-refractivity contribution in [3.63, 3.8) is 0 Å². The number of rotatable bonds is 4. The number of ketones is 1. The maximum Gasteiger partial charge on any atom is 0.261 e. The molecule has 0 saturated carbocycles. The van der Waals surface area contributed by atoms with E-state index in [1.54, 1.807) is 17.8 Å². The summed E-state index contributed by atoms with van der Waals surface area (Å²) in [6, 6.07) is 3.02. The number of thioether (sulfide) groups is 1. The number of aliphatic hydroxyl groups is 1. The Balaban J connectivity index is 1.79. The fourth-order valence-corrected chi connectivity index (χ4v) is 4.27. The van der Waals surface area contributed by atoms with E-state index in [1.165, 1.54) is 17.0 Å². The molecule has 2 radical (unpaired) electrons. The third-order valence-electron chi connectivity index (χ3n) is 4.12. The first-order valence-corrected chi connectivity index (χ1v) is 9.14. The second-order valence-corrected chi connectivity index (χ2v) is 7.68. The van der Waals surface area contributed by atoms with Crippen LogP contribution in [0.3, 0.4) is 0 Å². The summed E-state index contributed by atoms with van der Waals surface area (Å²) in [5, 5.41) is 10.5. The number of Topliss-reactive ketones (excluding diaryl/α,β-unsaturated/α-hetero) is 1. The van der Waals surface area contributed by atoms with Gasteiger partial charge in [0.2, 0.25) is 0 Å². The van der Waals surface area contributed by atoms with Gasteiger partial charge in [0.1, 0.15) is 7.85 Å². The molecule has 1 saturated heterocycles. The Morgan fingerprint density at radius 1 is 1.50 bits per heavy atom. The van der Waals surface area contributed by atoms with Gasteiger partial charge < -0.3 is 5.11 Å². The van der Waals surface area contributed by atoms with Crippen molar-refractivity contribution in [2.24, 2.45) is 0 Å². The van der Waals surface area contributed by atoms with Gasteiger partial charge in [-0.15, -0.1) is 0 Å². The van der Waals surface area contributed by atoms with E-state index in [2.05, 4.69) is 4.98 Å². The maximum absolute atomic E-state index is 12.5. The summed E-state index contributed by atoms with van der Waals surface area (Å²) in [6.07, 6.45) is 2.83. The van der Waals surface area contributed by atoms with E-state index < -0.39 is 6.10 Å². The molecule has 1 N–H and O–H groups in total. The molecule has 1 aliphatic rings. The molecule has 5 nitrogen and oxygen atoms in total. The highest BCUT2D eigenvalue weighted by molar-refractivity contribution is 8.00. The Morgan fingerprint density at radius 3 is 3.04 bits per heavy atom. The van der Waals surface area contributed by atoms with E-state index in [0.717, 1.165) is 18.6 Å². The molecule has 1 fully saturated rings. The van der Waals surface area contributed by atoms with Crippen molar-refractivity contribution in [3.05, 3.63) is 33.8 Å². The van der Waals surface area contributed by atoms with Gasteiger partial charge in [-0.3, -0.25) is 14.2 Å². The monoisotopic (exact) mass is 362 g/mol. The van der Waals surface area contributed by atoms with Crippen LogP contribution in [-0.4, -0.2) is 45.4 Å². The predicted octanol–water partition coefficient (Wildman–Crippen LogP) is 1.06. The number of hydrogen-bond acceptors (Lipinski definition) is 5. The number of carbonyl (C=O) groups excluding carboxylic acids is 1. The van der Waals surface area contributed by atoms with E-state index in [1.807, 2.05) is 0 Å². The van der Waals surface area contributed by atoms with E-state index in [0.29, 0.717) is 16.4 Å². The molecule has 24 heavy (non-hydrogen) atoms. The van der Waals surface area contributed by atoms with Crippen LogP contribution in [0, 0.1) is 0 Å². The quantitative estimate of drug-likeness (QED) is 0.824. The van der Waals surface area contributed by atoms with Crippen LogP contribution in [0.25, 0.3) is 10.9 Å². The van der Waals surface area contributed by atoms with Crippen LogP contribution in [0.5, 0.6) is 0 Å². The zero-order valence-corrected chi connectivity index (χ0v) is 14.5. The first kappa shape index (κ1) is 17.5. The topological polar surface area (TPSA) is 72.2 Å². The van der Waals surface area contributed by atoms with E-state index in [-0.39, 0.29) is 34.6 Å². The number of fused-ring (bicyclic) bond motifs is 1. The molecule has 1 aromatic carbocycles. The fraction of sp³-hybridized carbons (Fsp3) is 0.438. The molecule has 8 heteroatoms. The smallest absolute Gasteiger partial charge is 0.261 e. The third-order valence-corrected chi connectivity index (χ3v) is 5.88. The lowest BCUT2D eigenvalue weighted by atomic mass is 9.95. The van der Waals surface area contributed by atoms with Crippen molar-refractivity contribution in [2.75, 3.05) is 5.75 Å². The Hall–Kier alpha value is -1.31. The number of hydrogen-bond donors (Lipinski definition) is 1. The van der Waals surface area contributed by atoms with Crippen molar-refractivity contribution >= 4 is 53.4 Å². The molecule has 0 bridgehead atoms. The van der Waals surface area contributed by atoms with Crippen molar-refractivity contribution in [2.45, 2.75) is 37.2 Å². The molecule has 3 rings (SSSR count). The number of halogens is 1. The van der Waals surface area contributed by atoms with Crippen LogP contribution in [0.2, 0.25) is 5.02 Å². The largest absolute Gasteiger partial charge is 0.392 e. The van der Waals surface area contributed by atoms with Gasteiger partial charge in [-0.2, -0.15) is 11.8 Å². The molecule has 0 amide bonds. The summed E-state index contributed by atoms with van der Waals surface area (Å²) in [7, 11) is 5.71. The van der Waals surface area contributed by atoms with Gasteiger partial charge in [-0.1, -0.05) is 17.1 Å². The molecular formula is C16H16BClN2O3S. The molecule has 0 spiro atoms. The first-order chi connectivity index (χ1) is 11.5. The van der Waals surface area contributed by atoms with E-state index in [4.69, 9.17) is 19.4 Å². The molecule has 2 aromatic rings. The Morgan fingerprint density at radius 2 is 2.29 bits per heavy atom. The Bertz CT molecular complexity index is 842. The van der Waals surface area contributed by atoms with Crippen LogP contribution < -0.4 is 11.0 Å². The highest BCUT2D eigenvalue weighted by Gasteiger charge is 2.26. The van der Waals surface area contributed by atoms with Gasteiger partial charge >= 0.3 is 0 Å². The summed E-state index contributed by atoms with van der Waals surface area (Å²) in [6.45, 7) is -0.0620. The lowest BCUT2D eigenvalue weighted by Gasteiger charge is -2.26. The standard InChI is InChI=1S/C16H16BClN2O3S/c17-11-6-13-10(5-12(11)18)16(23)20(8-19-13)7-9(21)4-15-14(22)2-1-3-24-15/h5-6,8,14-15,22H,1-4,7H2/t14-,15+/m0/s1. The second-order valence-electron chi connectivity index (χ2n) is 5.93. The lowest BCUT2D eigenvalue weighted by Crippen LogP contribution is -2.32. The van der Waals surface area contributed by atoms with Crippen LogP contribution in [0.15, 0.2) is 23.3 Å². The highest BCUT2D eigenvalue weighted by atomic mass is 35.5. The molecule has 0 unspecified atom stereocenters. The SMILES string of the molecule is [B]c1cc2ncn(CC(=O)C[C@H]3SCCC[C@@H]3O)c(=O)c2cc1Cl. The van der Waals surface area contributed by atoms with Gasteiger partial charge in [-0.25, -0.2) is 4.98 Å². The number of aromatic nitrogens is 2. The summed E-state index contributed by atoms with van der Waals surface area (Å²) in [5.41, 5.74) is 0.476. The normalized spacial score (nSPS) is 21.1. The third kappa shape index (κ3) is 3.68. The highest BCUT2D eigenvalue weighted by Crippen LogP contribution is 2.28. The van der Waals surface area contributed by atoms with Crippen LogP contribution in [0.4, 0.5) is 0 Å². The minimum atomic E-state index is -0.457.